The van der Waals surface area contributed by atoms with Gasteiger partial charge in [0.15, 0.2) is 18.9 Å². The zero-order valence-electron chi connectivity index (χ0n) is 11.8. The molecular weight excluding hydrogens is 302 g/mol. The molecule has 0 aliphatic heterocycles. The number of pyridine rings is 1. The Balaban J connectivity index is 2.00. The fraction of sp³-hybridized carbons (Fsp3) is 0.125. The molecule has 0 radical (unpaired) electrons. The Morgan fingerprint density at radius 2 is 1.41 bits per heavy atom. The van der Waals surface area contributed by atoms with Crippen LogP contribution in [0.5, 0.6) is 0 Å². The van der Waals surface area contributed by atoms with Crippen molar-refractivity contribution >= 4 is 28.6 Å². The number of aryl methyl sites for hydroxylation is 1. The summed E-state index contributed by atoms with van der Waals surface area (Å²) in [4.78, 5) is 10.6. The maximum Gasteiger partial charge on any atom is 0.271 e. The van der Waals surface area contributed by atoms with E-state index in [1.807, 2.05) is 36.4 Å². The molecule has 22 heavy (non-hydrogen) atoms. The van der Waals surface area contributed by atoms with Gasteiger partial charge in [0, 0.05) is 17.7 Å². The van der Waals surface area contributed by atoms with Gasteiger partial charge in [-0.2, -0.15) is 8.42 Å². The van der Waals surface area contributed by atoms with Crippen molar-refractivity contribution in [1.29, 1.82) is 0 Å². The highest BCUT2D eigenvalue weighted by Crippen LogP contribution is 2.08. The van der Waals surface area contributed by atoms with Gasteiger partial charge in [-0.1, -0.05) is 36.4 Å². The summed E-state index contributed by atoms with van der Waals surface area (Å²) < 4.78 is 31.8. The summed E-state index contributed by atoms with van der Waals surface area (Å²) in [5.41, 5.74) is 2.58. The third-order valence-electron chi connectivity index (χ3n) is 3.07. The monoisotopic (exact) mass is 318 g/mol. The summed E-state index contributed by atoms with van der Waals surface area (Å²) in [5.74, 6) is -0.310. The predicted molar refractivity (Wildman–Crippen MR) is 83.8 cm³/mol. The minimum atomic E-state index is -3.94. The maximum absolute atomic E-state index is 10.7. The van der Waals surface area contributed by atoms with Gasteiger partial charge in [-0.15, -0.1) is 0 Å². The molecule has 0 atom stereocenters. The zero-order chi connectivity index (χ0) is 16.0. The van der Waals surface area contributed by atoms with Crippen molar-refractivity contribution < 1.29 is 22.3 Å². The third-order valence-corrected chi connectivity index (χ3v) is 3.76. The highest BCUT2D eigenvalue weighted by Gasteiger charge is 2.08. The molecule has 0 fully saturated rings. The van der Waals surface area contributed by atoms with Gasteiger partial charge in [-0.25, -0.2) is 4.57 Å². The molecule has 0 bridgehead atoms. The van der Waals surface area contributed by atoms with Crippen molar-refractivity contribution in [2.24, 2.45) is 0 Å². The van der Waals surface area contributed by atoms with Crippen LogP contribution >= 0.6 is 0 Å². The van der Waals surface area contributed by atoms with Crippen molar-refractivity contribution in [3.05, 3.63) is 65.5 Å². The second kappa shape index (κ2) is 7.11. The smallest absolute Gasteiger partial charge is 0.271 e. The number of hydrogen-bond acceptors (Lipinski definition) is 3. The van der Waals surface area contributed by atoms with Crippen LogP contribution in [0, 0.1) is 0 Å². The lowest BCUT2D eigenvalue weighted by Gasteiger charge is -1.97. The van der Waals surface area contributed by atoms with Gasteiger partial charge in [0.2, 0.25) is 0 Å². The Morgan fingerprint density at radius 1 is 0.909 bits per heavy atom. The molecule has 1 heterocycles. The van der Waals surface area contributed by atoms with Crippen LogP contribution in [0.15, 0.2) is 48.8 Å². The highest BCUT2D eigenvalue weighted by atomic mass is 32.2. The summed E-state index contributed by atoms with van der Waals surface area (Å²) in [6.45, 7) is 0.204. The second-order valence-corrected chi connectivity index (χ2v) is 6.35. The Labute approximate surface area is 129 Å². The van der Waals surface area contributed by atoms with Crippen LogP contribution in [-0.4, -0.2) is 25.0 Å². The number of rotatable bonds is 6. The molecule has 0 aliphatic carbocycles. The zero-order valence-corrected chi connectivity index (χ0v) is 12.6. The molecule has 2 rings (SSSR count). The van der Waals surface area contributed by atoms with E-state index in [0.29, 0.717) is 5.56 Å². The molecule has 1 N–H and O–H groups in total. The highest BCUT2D eigenvalue weighted by molar-refractivity contribution is 7.85. The van der Waals surface area contributed by atoms with Crippen molar-refractivity contribution in [2.75, 3.05) is 5.75 Å². The first-order chi connectivity index (χ1) is 10.5. The molecule has 0 saturated heterocycles. The van der Waals surface area contributed by atoms with Crippen LogP contribution in [-0.2, 0) is 16.7 Å². The molecule has 6 heteroatoms. The average molecular weight is 318 g/mol. The van der Waals surface area contributed by atoms with E-state index in [-0.39, 0.29) is 12.3 Å². The lowest BCUT2D eigenvalue weighted by atomic mass is 10.1. The summed E-state index contributed by atoms with van der Waals surface area (Å²) in [6, 6.07) is 10.9. The van der Waals surface area contributed by atoms with Gasteiger partial charge in [-0.05, 0) is 11.1 Å². The normalized spacial score (nSPS) is 11.7. The van der Waals surface area contributed by atoms with E-state index in [9.17, 15) is 13.2 Å². The number of carbonyl (C=O) groups is 1. The summed E-state index contributed by atoms with van der Waals surface area (Å²) in [6.07, 6.45) is 8.15. The Bertz CT molecular complexity index is 763. The quantitative estimate of drug-likeness (QED) is 0.501. The standard InChI is InChI=1S/C16H15NO4S/c18-13-16-5-3-14(4-6-16)1-2-15-7-9-17(10-8-15)11-12-22(19,20)21/h1-10,13H,11-12H2/p+1. The molecule has 0 aliphatic rings. The van der Waals surface area contributed by atoms with E-state index in [1.165, 1.54) is 0 Å². The largest absolute Gasteiger partial charge is 0.298 e. The molecule has 1 aromatic carbocycles. The van der Waals surface area contributed by atoms with Crippen molar-refractivity contribution in [3.8, 4) is 0 Å². The first-order valence-corrected chi connectivity index (χ1v) is 8.25. The van der Waals surface area contributed by atoms with Gasteiger partial charge >= 0.3 is 0 Å². The topological polar surface area (TPSA) is 75.3 Å². The van der Waals surface area contributed by atoms with Gasteiger partial charge < -0.3 is 0 Å². The summed E-state index contributed by atoms with van der Waals surface area (Å²) >= 11 is 0. The molecule has 0 unspecified atom stereocenters. The van der Waals surface area contributed by atoms with Crippen LogP contribution in [0.4, 0.5) is 0 Å². The number of nitrogens with zero attached hydrogens (tertiary/aromatic N) is 1. The molecule has 114 valence electrons. The molecule has 0 amide bonds. The minimum absolute atomic E-state index is 0.204. The maximum atomic E-state index is 10.7. The number of hydrogen-bond donors (Lipinski definition) is 1. The molecule has 1 aromatic heterocycles. The van der Waals surface area contributed by atoms with E-state index in [2.05, 4.69) is 0 Å². The predicted octanol–water partition coefficient (Wildman–Crippen LogP) is 1.84. The molecular formula is C16H16NO4S+. The van der Waals surface area contributed by atoms with Crippen LogP contribution in [0.2, 0.25) is 0 Å². The SMILES string of the molecule is O=Cc1ccc(C=Cc2cc[n+](CCS(=O)(=O)O)cc2)cc1. The van der Waals surface area contributed by atoms with E-state index in [0.717, 1.165) is 17.4 Å². The summed E-state index contributed by atoms with van der Waals surface area (Å²) in [5, 5.41) is 0. The molecule has 5 nitrogen and oxygen atoms in total. The van der Waals surface area contributed by atoms with Gasteiger partial charge in [0.05, 0.1) is 0 Å². The molecule has 0 spiro atoms. The van der Waals surface area contributed by atoms with E-state index < -0.39 is 10.1 Å². The number of carbonyl (C=O) groups excluding carboxylic acids is 1. The van der Waals surface area contributed by atoms with Gasteiger partial charge in [-0.3, -0.25) is 9.35 Å². The third kappa shape index (κ3) is 5.23. The van der Waals surface area contributed by atoms with Crippen molar-refractivity contribution in [1.82, 2.24) is 0 Å². The van der Waals surface area contributed by atoms with Crippen molar-refractivity contribution in [2.45, 2.75) is 6.54 Å². The fourth-order valence-corrected chi connectivity index (χ4v) is 2.27. The first kappa shape index (κ1) is 16.1. The van der Waals surface area contributed by atoms with Crippen LogP contribution in [0.25, 0.3) is 12.2 Å². The summed E-state index contributed by atoms with van der Waals surface area (Å²) in [7, 11) is -3.94. The Hall–Kier alpha value is -2.31. The first-order valence-electron chi connectivity index (χ1n) is 6.64. The van der Waals surface area contributed by atoms with Gasteiger partial charge in [0.25, 0.3) is 10.1 Å². The van der Waals surface area contributed by atoms with E-state index in [1.54, 1.807) is 29.1 Å². The Kier molecular flexibility index (Phi) is 5.19. The number of benzene rings is 1. The average Bonchev–Trinajstić information content (AvgIpc) is 2.52. The van der Waals surface area contributed by atoms with Crippen LogP contribution in [0.3, 0.4) is 0 Å². The van der Waals surface area contributed by atoms with Crippen LogP contribution < -0.4 is 4.57 Å². The van der Waals surface area contributed by atoms with E-state index >= 15 is 0 Å². The molecule has 2 aromatic rings. The van der Waals surface area contributed by atoms with Gasteiger partial charge in [0.1, 0.15) is 12.0 Å². The van der Waals surface area contributed by atoms with Crippen LogP contribution in [0.1, 0.15) is 21.5 Å². The number of aldehydes is 1. The fourth-order valence-electron chi connectivity index (χ4n) is 1.83. The Morgan fingerprint density at radius 3 is 1.91 bits per heavy atom. The minimum Gasteiger partial charge on any atom is -0.298 e. The van der Waals surface area contributed by atoms with E-state index in [4.69, 9.17) is 4.55 Å². The second-order valence-electron chi connectivity index (χ2n) is 4.77. The lowest BCUT2D eigenvalue weighted by Crippen LogP contribution is -2.36. The lowest BCUT2D eigenvalue weighted by molar-refractivity contribution is -0.692. The number of aromatic nitrogens is 1. The molecule has 0 saturated carbocycles. The van der Waals surface area contributed by atoms with Crippen molar-refractivity contribution in [3.63, 3.8) is 0 Å².